The van der Waals surface area contributed by atoms with Crippen LogP contribution in [-0.2, 0) is 17.8 Å². The average molecular weight is 431 g/mol. The molecule has 0 fully saturated rings. The molecule has 0 atom stereocenters. The van der Waals surface area contributed by atoms with Crippen molar-refractivity contribution in [3.05, 3.63) is 95.1 Å². The van der Waals surface area contributed by atoms with E-state index in [9.17, 15) is 9.59 Å². The standard InChI is InChI=1S/C27H30N2O3/c1-4-15-28-26(30)17-22-7-5-9-24(16-22)29(19-21-13-11-20(2)12-14-21)27(31)23-8-6-10-25(18-23)32-3/h5-14,16,18H,4,15,17,19H2,1-3H3,(H,28,30). The summed E-state index contributed by atoms with van der Waals surface area (Å²) in [6.07, 6.45) is 1.17. The molecule has 0 radical (unpaired) electrons. The largest absolute Gasteiger partial charge is 0.497 e. The number of nitrogens with zero attached hydrogens (tertiary/aromatic N) is 1. The molecule has 0 spiro atoms. The summed E-state index contributed by atoms with van der Waals surface area (Å²) in [5, 5.41) is 2.90. The van der Waals surface area contributed by atoms with Crippen molar-refractivity contribution in [1.82, 2.24) is 5.32 Å². The van der Waals surface area contributed by atoms with Gasteiger partial charge in [0.05, 0.1) is 20.1 Å². The lowest BCUT2D eigenvalue weighted by atomic mass is 10.1. The molecule has 0 aliphatic carbocycles. The first kappa shape index (κ1) is 23.1. The number of carbonyl (C=O) groups excluding carboxylic acids is 2. The van der Waals surface area contributed by atoms with Gasteiger partial charge in [-0.2, -0.15) is 0 Å². The predicted octanol–water partition coefficient (Wildman–Crippen LogP) is 4.92. The van der Waals surface area contributed by atoms with E-state index >= 15 is 0 Å². The molecule has 0 aliphatic rings. The number of nitrogens with one attached hydrogen (secondary N) is 1. The van der Waals surface area contributed by atoms with Crippen LogP contribution in [0.15, 0.2) is 72.8 Å². The summed E-state index contributed by atoms with van der Waals surface area (Å²) in [5.74, 6) is 0.484. The van der Waals surface area contributed by atoms with Gasteiger partial charge in [-0.25, -0.2) is 0 Å². The molecule has 3 aromatic carbocycles. The van der Waals surface area contributed by atoms with Crippen LogP contribution in [-0.4, -0.2) is 25.5 Å². The van der Waals surface area contributed by atoms with Gasteiger partial charge in [-0.15, -0.1) is 0 Å². The van der Waals surface area contributed by atoms with Gasteiger partial charge in [-0.3, -0.25) is 9.59 Å². The van der Waals surface area contributed by atoms with Gasteiger partial charge in [-0.05, 0) is 54.8 Å². The molecule has 0 saturated heterocycles. The quantitative estimate of drug-likeness (QED) is 0.524. The molecule has 0 saturated carbocycles. The number of hydrogen-bond acceptors (Lipinski definition) is 3. The highest BCUT2D eigenvalue weighted by Crippen LogP contribution is 2.24. The molecule has 0 aromatic heterocycles. The highest BCUT2D eigenvalue weighted by atomic mass is 16.5. The molecule has 0 unspecified atom stereocenters. The van der Waals surface area contributed by atoms with E-state index in [1.54, 1.807) is 24.1 Å². The summed E-state index contributed by atoms with van der Waals surface area (Å²) in [6.45, 7) is 5.14. The van der Waals surface area contributed by atoms with Crippen molar-refractivity contribution in [3.63, 3.8) is 0 Å². The van der Waals surface area contributed by atoms with Gasteiger partial charge in [-0.1, -0.05) is 55.0 Å². The number of benzene rings is 3. The Balaban J connectivity index is 1.92. The van der Waals surface area contributed by atoms with E-state index in [-0.39, 0.29) is 18.2 Å². The third-order valence-electron chi connectivity index (χ3n) is 5.18. The number of hydrogen-bond donors (Lipinski definition) is 1. The van der Waals surface area contributed by atoms with Crippen molar-refractivity contribution in [1.29, 1.82) is 0 Å². The summed E-state index contributed by atoms with van der Waals surface area (Å²) in [7, 11) is 1.58. The van der Waals surface area contributed by atoms with Crippen LogP contribution < -0.4 is 15.0 Å². The molecule has 5 heteroatoms. The van der Waals surface area contributed by atoms with Crippen LogP contribution in [0, 0.1) is 6.92 Å². The Bertz CT molecular complexity index is 1060. The molecule has 166 valence electrons. The van der Waals surface area contributed by atoms with Crippen LogP contribution in [0.2, 0.25) is 0 Å². The minimum absolute atomic E-state index is 0.0202. The minimum atomic E-state index is -0.128. The molecule has 5 nitrogen and oxygen atoms in total. The number of amides is 2. The van der Waals surface area contributed by atoms with Crippen LogP contribution in [0.25, 0.3) is 0 Å². The number of methoxy groups -OCH3 is 1. The summed E-state index contributed by atoms with van der Waals surface area (Å²) in [4.78, 5) is 27.5. The molecule has 3 aromatic rings. The van der Waals surface area contributed by atoms with Crippen LogP contribution >= 0.6 is 0 Å². The van der Waals surface area contributed by atoms with Crippen molar-refractivity contribution in [2.24, 2.45) is 0 Å². The zero-order valence-corrected chi connectivity index (χ0v) is 18.9. The van der Waals surface area contributed by atoms with Crippen molar-refractivity contribution >= 4 is 17.5 Å². The number of anilines is 1. The van der Waals surface area contributed by atoms with E-state index < -0.39 is 0 Å². The van der Waals surface area contributed by atoms with Gasteiger partial charge in [0.15, 0.2) is 0 Å². The van der Waals surface area contributed by atoms with Crippen molar-refractivity contribution < 1.29 is 14.3 Å². The molecule has 0 aliphatic heterocycles. The lowest BCUT2D eigenvalue weighted by molar-refractivity contribution is -0.120. The van der Waals surface area contributed by atoms with Crippen molar-refractivity contribution in [2.75, 3.05) is 18.6 Å². The maximum absolute atomic E-state index is 13.6. The molecule has 1 N–H and O–H groups in total. The van der Waals surface area contributed by atoms with Gasteiger partial charge in [0.1, 0.15) is 5.75 Å². The number of rotatable bonds is 9. The van der Waals surface area contributed by atoms with E-state index in [0.717, 1.165) is 23.2 Å². The first-order chi connectivity index (χ1) is 15.5. The highest BCUT2D eigenvalue weighted by Gasteiger charge is 2.19. The second-order valence-electron chi connectivity index (χ2n) is 7.81. The molecular formula is C27H30N2O3. The highest BCUT2D eigenvalue weighted by molar-refractivity contribution is 6.06. The fourth-order valence-electron chi connectivity index (χ4n) is 3.41. The zero-order valence-electron chi connectivity index (χ0n) is 18.9. The lowest BCUT2D eigenvalue weighted by Crippen LogP contribution is -2.30. The monoisotopic (exact) mass is 430 g/mol. The average Bonchev–Trinajstić information content (AvgIpc) is 2.82. The number of carbonyl (C=O) groups is 2. The SMILES string of the molecule is CCCNC(=O)Cc1cccc(N(Cc2ccc(C)cc2)C(=O)c2cccc(OC)c2)c1. The third-order valence-corrected chi connectivity index (χ3v) is 5.18. The molecule has 3 rings (SSSR count). The zero-order chi connectivity index (χ0) is 22.9. The Morgan fingerprint density at radius 2 is 1.69 bits per heavy atom. The van der Waals surface area contributed by atoms with Crippen molar-refractivity contribution in [2.45, 2.75) is 33.2 Å². The predicted molar refractivity (Wildman–Crippen MR) is 128 cm³/mol. The van der Waals surface area contributed by atoms with Gasteiger partial charge in [0.2, 0.25) is 5.91 Å². The van der Waals surface area contributed by atoms with Gasteiger partial charge in [0.25, 0.3) is 5.91 Å². The van der Waals surface area contributed by atoms with Crippen LogP contribution in [0.4, 0.5) is 5.69 Å². The fourth-order valence-corrected chi connectivity index (χ4v) is 3.41. The summed E-state index contributed by atoms with van der Waals surface area (Å²) < 4.78 is 5.30. The Hall–Kier alpha value is -3.60. The van der Waals surface area contributed by atoms with Crippen LogP contribution in [0.3, 0.4) is 0 Å². The topological polar surface area (TPSA) is 58.6 Å². The van der Waals surface area contributed by atoms with E-state index in [0.29, 0.717) is 24.4 Å². The summed E-state index contributed by atoms with van der Waals surface area (Å²) in [5.41, 5.74) is 4.35. The van der Waals surface area contributed by atoms with Crippen LogP contribution in [0.5, 0.6) is 5.75 Å². The summed E-state index contributed by atoms with van der Waals surface area (Å²) in [6, 6.07) is 22.9. The molecule has 0 bridgehead atoms. The normalized spacial score (nSPS) is 10.5. The Labute approximate surface area is 190 Å². The first-order valence-electron chi connectivity index (χ1n) is 10.9. The Morgan fingerprint density at radius 1 is 0.938 bits per heavy atom. The van der Waals surface area contributed by atoms with E-state index in [2.05, 4.69) is 5.32 Å². The third kappa shape index (κ3) is 6.20. The molecule has 0 heterocycles. The Kier molecular flexibility index (Phi) is 8.03. The van der Waals surface area contributed by atoms with Crippen LogP contribution in [0.1, 0.15) is 40.4 Å². The number of ether oxygens (including phenoxy) is 1. The number of aryl methyl sites for hydroxylation is 1. The first-order valence-corrected chi connectivity index (χ1v) is 10.9. The van der Waals surface area contributed by atoms with Gasteiger partial charge >= 0.3 is 0 Å². The summed E-state index contributed by atoms with van der Waals surface area (Å²) >= 11 is 0. The second kappa shape index (κ2) is 11.1. The molecule has 2 amide bonds. The van der Waals surface area contributed by atoms with E-state index in [1.165, 1.54) is 5.56 Å². The molecular weight excluding hydrogens is 400 g/mol. The minimum Gasteiger partial charge on any atom is -0.497 e. The fraction of sp³-hybridized carbons (Fsp3) is 0.259. The van der Waals surface area contributed by atoms with Crippen molar-refractivity contribution in [3.8, 4) is 5.75 Å². The van der Waals surface area contributed by atoms with E-state index in [4.69, 9.17) is 4.74 Å². The Morgan fingerprint density at radius 3 is 2.41 bits per heavy atom. The smallest absolute Gasteiger partial charge is 0.258 e. The van der Waals surface area contributed by atoms with E-state index in [1.807, 2.05) is 74.5 Å². The van der Waals surface area contributed by atoms with Gasteiger partial charge < -0.3 is 15.0 Å². The maximum atomic E-state index is 13.6. The maximum Gasteiger partial charge on any atom is 0.258 e. The second-order valence-corrected chi connectivity index (χ2v) is 7.81. The van der Waals surface area contributed by atoms with Gasteiger partial charge in [0, 0.05) is 17.8 Å². The molecule has 32 heavy (non-hydrogen) atoms. The lowest BCUT2D eigenvalue weighted by Gasteiger charge is -2.24.